The molecule has 1 aromatic rings. The monoisotopic (exact) mass is 214 g/mol. The molecule has 0 aromatic carbocycles. The molecule has 86 valence electrons. The lowest BCUT2D eigenvalue weighted by molar-refractivity contribution is -0.0649. The highest BCUT2D eigenvalue weighted by molar-refractivity contribution is 4.93. The van der Waals surface area contributed by atoms with Crippen LogP contribution in [0, 0.1) is 5.92 Å². The number of aromatic nitrogens is 4. The third kappa shape index (κ3) is 2.97. The normalized spacial score (nSPS) is 15.6. The van der Waals surface area contributed by atoms with Crippen LogP contribution in [0.25, 0.3) is 0 Å². The van der Waals surface area contributed by atoms with E-state index in [4.69, 9.17) is 4.74 Å². The molecular weight excluding hydrogens is 196 g/mol. The maximum Gasteiger partial charge on any atom is 0.177 e. The summed E-state index contributed by atoms with van der Waals surface area (Å²) in [6.45, 7) is 4.15. The lowest BCUT2D eigenvalue weighted by Crippen LogP contribution is -2.42. The molecule has 0 radical (unpaired) electrons. The van der Waals surface area contributed by atoms with Crippen LogP contribution in [-0.4, -0.2) is 44.6 Å². The molecule has 0 fully saturated rings. The predicted molar refractivity (Wildman–Crippen MR) is 54.2 cm³/mol. The Kier molecular flexibility index (Phi) is 3.76. The Hall–Kier alpha value is -1.01. The second-order valence-corrected chi connectivity index (χ2v) is 4.06. The van der Waals surface area contributed by atoms with Crippen molar-refractivity contribution < 1.29 is 9.84 Å². The Balaban J connectivity index is 2.74. The molecule has 1 rings (SSSR count). The zero-order chi connectivity index (χ0) is 11.5. The molecular formula is C9H18N4O2. The van der Waals surface area contributed by atoms with Crippen LogP contribution >= 0.6 is 0 Å². The van der Waals surface area contributed by atoms with Gasteiger partial charge in [0.25, 0.3) is 0 Å². The van der Waals surface area contributed by atoms with Crippen molar-refractivity contribution in [2.24, 2.45) is 13.0 Å². The number of methoxy groups -OCH3 is 1. The van der Waals surface area contributed by atoms with Crippen LogP contribution in [0.2, 0.25) is 0 Å². The molecule has 0 saturated carbocycles. The number of hydrogen-bond donors (Lipinski definition) is 1. The summed E-state index contributed by atoms with van der Waals surface area (Å²) in [5.41, 5.74) is -0.933. The molecule has 1 N–H and O–H groups in total. The molecule has 15 heavy (non-hydrogen) atoms. The van der Waals surface area contributed by atoms with E-state index in [1.807, 2.05) is 13.8 Å². The minimum atomic E-state index is -0.933. The maximum atomic E-state index is 10.3. The number of hydrogen-bond acceptors (Lipinski definition) is 5. The van der Waals surface area contributed by atoms with Crippen molar-refractivity contribution in [1.29, 1.82) is 0 Å². The molecule has 1 atom stereocenters. The average molecular weight is 214 g/mol. The van der Waals surface area contributed by atoms with Gasteiger partial charge in [-0.1, -0.05) is 13.8 Å². The molecule has 6 nitrogen and oxygen atoms in total. The van der Waals surface area contributed by atoms with Crippen LogP contribution in [0.3, 0.4) is 0 Å². The van der Waals surface area contributed by atoms with Gasteiger partial charge in [0, 0.05) is 13.5 Å². The molecule has 0 spiro atoms. The van der Waals surface area contributed by atoms with Crippen molar-refractivity contribution in [3.8, 4) is 0 Å². The van der Waals surface area contributed by atoms with Gasteiger partial charge in [-0.3, -0.25) is 0 Å². The van der Waals surface area contributed by atoms with E-state index in [1.54, 1.807) is 14.2 Å². The highest BCUT2D eigenvalue weighted by Gasteiger charge is 2.33. The van der Waals surface area contributed by atoms with Crippen LogP contribution in [0.15, 0.2) is 0 Å². The number of nitrogens with zero attached hydrogens (tertiary/aromatic N) is 4. The zero-order valence-corrected chi connectivity index (χ0v) is 9.64. The van der Waals surface area contributed by atoms with Crippen molar-refractivity contribution in [2.75, 3.05) is 13.7 Å². The first-order valence-electron chi connectivity index (χ1n) is 4.92. The third-order valence-electron chi connectivity index (χ3n) is 2.48. The smallest absolute Gasteiger partial charge is 0.177 e. The Morgan fingerprint density at radius 2 is 2.20 bits per heavy atom. The molecule has 0 saturated heterocycles. The summed E-state index contributed by atoms with van der Waals surface area (Å²) in [4.78, 5) is 1.38. The van der Waals surface area contributed by atoms with Crippen LogP contribution in [-0.2, 0) is 18.2 Å². The molecule has 1 unspecified atom stereocenters. The van der Waals surface area contributed by atoms with Gasteiger partial charge in [0.15, 0.2) is 5.82 Å². The van der Waals surface area contributed by atoms with Gasteiger partial charge in [-0.15, -0.1) is 10.2 Å². The lowest BCUT2D eigenvalue weighted by Gasteiger charge is -2.30. The summed E-state index contributed by atoms with van der Waals surface area (Å²) >= 11 is 0. The first kappa shape index (κ1) is 12.1. The number of tetrazole rings is 1. The van der Waals surface area contributed by atoms with Crippen molar-refractivity contribution in [3.05, 3.63) is 5.82 Å². The van der Waals surface area contributed by atoms with Crippen molar-refractivity contribution in [3.63, 3.8) is 0 Å². The van der Waals surface area contributed by atoms with Gasteiger partial charge in [0.1, 0.15) is 0 Å². The fourth-order valence-corrected chi connectivity index (χ4v) is 1.34. The SMILES string of the molecule is COCC(O)(Cc1nnn(C)n1)C(C)C. The van der Waals surface area contributed by atoms with E-state index in [-0.39, 0.29) is 12.5 Å². The summed E-state index contributed by atoms with van der Waals surface area (Å²) < 4.78 is 5.01. The first-order valence-corrected chi connectivity index (χ1v) is 4.92. The minimum absolute atomic E-state index is 0.0706. The van der Waals surface area contributed by atoms with Crippen molar-refractivity contribution in [2.45, 2.75) is 25.9 Å². The van der Waals surface area contributed by atoms with E-state index in [0.29, 0.717) is 12.2 Å². The van der Waals surface area contributed by atoms with E-state index < -0.39 is 5.60 Å². The Bertz CT molecular complexity index is 313. The predicted octanol–water partition coefficient (Wildman–Crippen LogP) is -0.214. The summed E-state index contributed by atoms with van der Waals surface area (Å²) in [5, 5.41) is 21.9. The second kappa shape index (κ2) is 4.67. The Morgan fingerprint density at radius 3 is 2.60 bits per heavy atom. The number of aryl methyl sites for hydroxylation is 1. The average Bonchev–Trinajstić information content (AvgIpc) is 2.51. The second-order valence-electron chi connectivity index (χ2n) is 4.06. The number of aliphatic hydroxyl groups is 1. The van der Waals surface area contributed by atoms with Gasteiger partial charge in [-0.2, -0.15) is 4.80 Å². The van der Waals surface area contributed by atoms with Gasteiger partial charge in [-0.25, -0.2) is 0 Å². The molecule has 1 heterocycles. The first-order chi connectivity index (χ1) is 6.98. The summed E-state index contributed by atoms with van der Waals surface area (Å²) in [5.74, 6) is 0.604. The van der Waals surface area contributed by atoms with Gasteiger partial charge < -0.3 is 9.84 Å². The van der Waals surface area contributed by atoms with Crippen molar-refractivity contribution >= 4 is 0 Å². The standard InChI is InChI=1S/C9H18N4O2/c1-7(2)9(14,6-15-4)5-8-10-12-13(3)11-8/h7,14H,5-6H2,1-4H3. The molecule has 0 aliphatic heterocycles. The number of ether oxygens (including phenoxy) is 1. The summed E-state index contributed by atoms with van der Waals surface area (Å²) in [7, 11) is 3.26. The van der Waals surface area contributed by atoms with Crippen LogP contribution < -0.4 is 0 Å². The van der Waals surface area contributed by atoms with Crippen molar-refractivity contribution in [1.82, 2.24) is 20.2 Å². The van der Waals surface area contributed by atoms with Gasteiger partial charge >= 0.3 is 0 Å². The Labute approximate surface area is 89.2 Å². The highest BCUT2D eigenvalue weighted by atomic mass is 16.5. The fraction of sp³-hybridized carbons (Fsp3) is 0.889. The van der Waals surface area contributed by atoms with E-state index >= 15 is 0 Å². The van der Waals surface area contributed by atoms with Crippen LogP contribution in [0.4, 0.5) is 0 Å². The van der Waals surface area contributed by atoms with E-state index in [0.717, 1.165) is 0 Å². The van der Waals surface area contributed by atoms with Gasteiger partial charge in [-0.05, 0) is 11.1 Å². The van der Waals surface area contributed by atoms with Gasteiger partial charge in [0.2, 0.25) is 0 Å². The summed E-state index contributed by atoms with van der Waals surface area (Å²) in [6.07, 6.45) is 0.354. The number of rotatable bonds is 5. The third-order valence-corrected chi connectivity index (χ3v) is 2.48. The summed E-state index contributed by atoms with van der Waals surface area (Å²) in [6, 6.07) is 0. The topological polar surface area (TPSA) is 73.1 Å². The molecule has 0 aliphatic carbocycles. The van der Waals surface area contributed by atoms with E-state index in [1.165, 1.54) is 4.80 Å². The quantitative estimate of drug-likeness (QED) is 0.734. The highest BCUT2D eigenvalue weighted by Crippen LogP contribution is 2.20. The molecule has 0 amide bonds. The molecule has 6 heteroatoms. The Morgan fingerprint density at radius 1 is 1.53 bits per heavy atom. The van der Waals surface area contributed by atoms with Crippen LogP contribution in [0.1, 0.15) is 19.7 Å². The fourth-order valence-electron chi connectivity index (χ4n) is 1.34. The van der Waals surface area contributed by atoms with E-state index in [2.05, 4.69) is 15.4 Å². The van der Waals surface area contributed by atoms with E-state index in [9.17, 15) is 5.11 Å². The molecule has 0 aliphatic rings. The molecule has 0 bridgehead atoms. The largest absolute Gasteiger partial charge is 0.387 e. The van der Waals surface area contributed by atoms with Gasteiger partial charge in [0.05, 0.1) is 19.3 Å². The molecule has 1 aromatic heterocycles. The van der Waals surface area contributed by atoms with Crippen LogP contribution in [0.5, 0.6) is 0 Å². The minimum Gasteiger partial charge on any atom is -0.387 e. The maximum absolute atomic E-state index is 10.3. The zero-order valence-electron chi connectivity index (χ0n) is 9.64. The lowest BCUT2D eigenvalue weighted by atomic mass is 9.87.